The Morgan fingerprint density at radius 2 is 0.560 bits per heavy atom. The van der Waals surface area contributed by atoms with Gasteiger partial charge in [0.05, 0.1) is 38.6 Å². The van der Waals surface area contributed by atoms with Crippen molar-refractivity contribution in [3.8, 4) is 113 Å². The Morgan fingerprint density at radius 1 is 0.233 bits per heavy atom. The molecule has 22 aromatic rings. The minimum Gasteiger partial charge on any atom is -0.455 e. The Labute approximate surface area is 666 Å². The first-order chi connectivity index (χ1) is 57.3. The first-order valence-electron chi connectivity index (χ1n) is 39.5. The predicted octanol–water partition coefficient (Wildman–Crippen LogP) is 26.4. The molecule has 3 aliphatic rings. The summed E-state index contributed by atoms with van der Waals surface area (Å²) in [5.74, 6) is 3.60. The highest BCUT2D eigenvalue weighted by Gasteiger charge is 2.52. The lowest BCUT2D eigenvalue weighted by Gasteiger charge is -2.30. The van der Waals surface area contributed by atoms with Crippen LogP contribution in [0.3, 0.4) is 0 Å². The van der Waals surface area contributed by atoms with E-state index in [0.29, 0.717) is 34.9 Å². The third-order valence-electron chi connectivity index (χ3n) is 24.5. The van der Waals surface area contributed by atoms with Gasteiger partial charge in [0.25, 0.3) is 0 Å². The van der Waals surface area contributed by atoms with Gasteiger partial charge in [-0.1, -0.05) is 317 Å². The Kier molecular flexibility index (Phi) is 14.2. The molecule has 116 heavy (non-hydrogen) atoms. The van der Waals surface area contributed by atoms with Gasteiger partial charge < -0.3 is 18.0 Å². The van der Waals surface area contributed by atoms with Crippen LogP contribution < -0.4 is 0 Å². The largest absolute Gasteiger partial charge is 0.455 e. The van der Waals surface area contributed by atoms with Crippen LogP contribution in [0.1, 0.15) is 47.2 Å². The third kappa shape index (κ3) is 9.52. The van der Waals surface area contributed by atoms with Crippen molar-refractivity contribution in [2.24, 2.45) is 0 Å². The topological polar surface area (TPSA) is 113 Å². The first-order valence-corrected chi connectivity index (χ1v) is 39.5. The molecule has 0 bridgehead atoms. The van der Waals surface area contributed by atoms with E-state index < -0.39 is 5.41 Å². The Morgan fingerprint density at radius 3 is 1.00 bits per heavy atom. The standard InChI is InChI=1S/C58H34N4O.C48H32N4O/c1-3-16-35(17-4-1)55-59-56(36-18-5-2-6-19-36)61-57(60-55)44-25-15-24-42-45-34-37(30-33-51(45)63-54(42)44)62-50-29-14-10-22-40(50)41-31-32-49-52(53(41)62)43-23-9-13-28-48(43)58(49)46-26-11-7-20-38(46)39-21-8-12-27-47(39)58;1-48(2)38-22-11-9-19-35(38)42-39(48)26-25-33-32-18-10-12-23-40(32)52(43(33)42)31-24-27-41-37(28-31)34-20-13-21-36(44(34)53-41)47-50-45(29-14-5-3-6-15-29)49-46(51-47)30-16-7-4-8-17-30/h1-34H;3-28H,1-2H3. The molecule has 0 saturated carbocycles. The zero-order chi connectivity index (χ0) is 76.5. The lowest BCUT2D eigenvalue weighted by atomic mass is 9.70. The minimum atomic E-state index is -0.439. The van der Waals surface area contributed by atoms with E-state index in [2.05, 4.69) is 254 Å². The average Bonchev–Trinajstić information content (AvgIpc) is 1.22. The maximum Gasteiger partial charge on any atom is 0.167 e. The highest BCUT2D eigenvalue weighted by Crippen LogP contribution is 2.64. The van der Waals surface area contributed by atoms with Crippen molar-refractivity contribution >= 4 is 87.5 Å². The second kappa shape index (κ2) is 25.1. The summed E-state index contributed by atoms with van der Waals surface area (Å²) >= 11 is 0. The number of rotatable bonds is 8. The van der Waals surface area contributed by atoms with Crippen LogP contribution in [-0.2, 0) is 10.8 Å². The lowest BCUT2D eigenvalue weighted by Crippen LogP contribution is -2.25. The van der Waals surface area contributed by atoms with Gasteiger partial charge in [-0.3, -0.25) is 0 Å². The number of furan rings is 2. The predicted molar refractivity (Wildman–Crippen MR) is 469 cm³/mol. The lowest BCUT2D eigenvalue weighted by molar-refractivity contribution is 0.661. The van der Waals surface area contributed by atoms with Gasteiger partial charge in [0.1, 0.15) is 22.3 Å². The summed E-state index contributed by atoms with van der Waals surface area (Å²) in [5, 5.41) is 9.03. The Balaban J connectivity index is 0.000000135. The molecular weight excluding hydrogens is 1420 g/mol. The van der Waals surface area contributed by atoms with E-state index in [-0.39, 0.29) is 5.41 Å². The molecule has 0 N–H and O–H groups in total. The monoisotopic (exact) mass is 1480 g/mol. The number of para-hydroxylation sites is 4. The van der Waals surface area contributed by atoms with E-state index in [9.17, 15) is 0 Å². The SMILES string of the molecule is CC1(C)c2ccccc2-c2c1ccc1c3ccccc3n(-c3ccc4oc5c(-c6nc(-c7ccccc7)nc(-c7ccccc7)n6)cccc5c4c3)c21.c1ccc(-c2nc(-c3ccccc3)nc(-c3cccc4c3oc3ccc(-n5c6ccccc6c6ccc7c(c65)-c5ccccc5C75c6ccccc6-c6ccccc65)cc34)n2)cc1. The quantitative estimate of drug-likeness (QED) is 0.148. The van der Waals surface area contributed by atoms with Crippen LogP contribution in [0.2, 0.25) is 0 Å². The third-order valence-corrected chi connectivity index (χ3v) is 24.5. The molecule has 0 aliphatic heterocycles. The fourth-order valence-electron chi connectivity index (χ4n) is 19.5. The molecule has 0 saturated heterocycles. The molecule has 0 atom stereocenters. The van der Waals surface area contributed by atoms with Crippen LogP contribution in [-0.4, -0.2) is 39.0 Å². The van der Waals surface area contributed by atoms with E-state index in [0.717, 1.165) is 94.1 Å². The van der Waals surface area contributed by atoms with Crippen molar-refractivity contribution in [1.82, 2.24) is 39.0 Å². The van der Waals surface area contributed by atoms with Gasteiger partial charge in [-0.05, 0) is 116 Å². The van der Waals surface area contributed by atoms with Gasteiger partial charge in [0.15, 0.2) is 34.9 Å². The number of hydrogen-bond donors (Lipinski definition) is 0. The van der Waals surface area contributed by atoms with Crippen molar-refractivity contribution in [2.75, 3.05) is 0 Å². The molecule has 1 spiro atoms. The van der Waals surface area contributed by atoms with Gasteiger partial charge in [-0.15, -0.1) is 0 Å². The zero-order valence-electron chi connectivity index (χ0n) is 63.0. The van der Waals surface area contributed by atoms with Crippen LogP contribution in [0.15, 0.2) is 373 Å². The number of benzene rings is 16. The minimum absolute atomic E-state index is 0.0989. The summed E-state index contributed by atoms with van der Waals surface area (Å²) in [7, 11) is 0. The van der Waals surface area contributed by atoms with Crippen molar-refractivity contribution in [1.29, 1.82) is 0 Å². The van der Waals surface area contributed by atoms with Crippen LogP contribution in [0.5, 0.6) is 0 Å². The molecule has 0 radical (unpaired) electrons. The number of nitrogens with zero attached hydrogens (tertiary/aromatic N) is 8. The van der Waals surface area contributed by atoms with Crippen molar-refractivity contribution in [2.45, 2.75) is 24.7 Å². The van der Waals surface area contributed by atoms with E-state index >= 15 is 0 Å². The van der Waals surface area contributed by atoms with E-state index in [1.807, 2.05) is 133 Å². The Hall–Kier alpha value is -15.3. The fraction of sp³-hybridized carbons (Fsp3) is 0.0377. The second-order valence-electron chi connectivity index (χ2n) is 31.0. The summed E-state index contributed by atoms with van der Waals surface area (Å²) in [6.45, 7) is 4.69. The van der Waals surface area contributed by atoms with Gasteiger partial charge in [-0.25, -0.2) is 29.9 Å². The molecule has 0 amide bonds. The van der Waals surface area contributed by atoms with Crippen LogP contribution >= 0.6 is 0 Å². The summed E-state index contributed by atoms with van der Waals surface area (Å²) in [4.78, 5) is 30.0. The maximum absolute atomic E-state index is 6.82. The second-order valence-corrected chi connectivity index (χ2v) is 31.0. The van der Waals surface area contributed by atoms with E-state index in [4.69, 9.17) is 38.7 Å². The molecule has 542 valence electrons. The van der Waals surface area contributed by atoms with Crippen molar-refractivity contribution in [3.63, 3.8) is 0 Å². The number of fused-ring (bicyclic) bond motifs is 27. The molecule has 0 unspecified atom stereocenters. The Bertz CT molecular complexity index is 7710. The van der Waals surface area contributed by atoms with Gasteiger partial charge in [0, 0.05) is 93.3 Å². The summed E-state index contributed by atoms with van der Waals surface area (Å²) in [6, 6.07) is 129. The van der Waals surface area contributed by atoms with Crippen LogP contribution in [0.4, 0.5) is 0 Å². The first kappa shape index (κ1) is 65.5. The molecule has 16 aromatic carbocycles. The van der Waals surface area contributed by atoms with E-state index in [1.165, 1.54) is 105 Å². The molecule has 10 heteroatoms. The summed E-state index contributed by atoms with van der Waals surface area (Å²) in [6.07, 6.45) is 0. The summed E-state index contributed by atoms with van der Waals surface area (Å²) in [5.41, 5.74) is 30.7. The molecular formula is C106H66N8O2. The average molecular weight is 1480 g/mol. The highest BCUT2D eigenvalue weighted by atomic mass is 16.3. The summed E-state index contributed by atoms with van der Waals surface area (Å²) < 4.78 is 18.5. The molecule has 10 nitrogen and oxygen atoms in total. The molecule has 0 fully saturated rings. The molecule has 6 aromatic heterocycles. The fourth-order valence-corrected chi connectivity index (χ4v) is 19.5. The highest BCUT2D eigenvalue weighted by molar-refractivity contribution is 6.19. The molecule has 3 aliphatic carbocycles. The van der Waals surface area contributed by atoms with Gasteiger partial charge in [0.2, 0.25) is 0 Å². The van der Waals surface area contributed by atoms with Crippen LogP contribution in [0, 0.1) is 0 Å². The van der Waals surface area contributed by atoms with Gasteiger partial charge in [-0.2, -0.15) is 0 Å². The molecule has 6 heterocycles. The zero-order valence-corrected chi connectivity index (χ0v) is 63.0. The van der Waals surface area contributed by atoms with Gasteiger partial charge >= 0.3 is 0 Å². The number of aromatic nitrogens is 8. The normalized spacial score (nSPS) is 13.2. The van der Waals surface area contributed by atoms with Crippen molar-refractivity contribution in [3.05, 3.63) is 397 Å². The number of hydrogen-bond acceptors (Lipinski definition) is 8. The molecule has 25 rings (SSSR count). The van der Waals surface area contributed by atoms with Crippen molar-refractivity contribution < 1.29 is 8.83 Å². The smallest absolute Gasteiger partial charge is 0.167 e. The van der Waals surface area contributed by atoms with Crippen LogP contribution in [0.25, 0.3) is 201 Å². The maximum atomic E-state index is 6.82. The van der Waals surface area contributed by atoms with E-state index in [1.54, 1.807) is 0 Å².